The molecule has 0 spiro atoms. The lowest BCUT2D eigenvalue weighted by Gasteiger charge is -2.12. The monoisotopic (exact) mass is 270 g/mol. The molecule has 4 nitrogen and oxygen atoms in total. The van der Waals surface area contributed by atoms with Crippen molar-refractivity contribution in [2.24, 2.45) is 0 Å². The second-order valence-electron chi connectivity index (χ2n) is 4.46. The van der Waals surface area contributed by atoms with Crippen LogP contribution < -0.4 is 15.4 Å². The highest BCUT2D eigenvalue weighted by molar-refractivity contribution is 5.89. The van der Waals surface area contributed by atoms with E-state index in [0.717, 1.165) is 17.0 Å². The molecule has 4 heteroatoms. The number of carbonyl (C=O) groups excluding carboxylic acids is 1. The van der Waals surface area contributed by atoms with E-state index in [4.69, 9.17) is 4.74 Å². The summed E-state index contributed by atoms with van der Waals surface area (Å²) in [4.78, 5) is 11.4. The van der Waals surface area contributed by atoms with Crippen molar-refractivity contribution in [3.05, 3.63) is 59.7 Å². The van der Waals surface area contributed by atoms with Crippen molar-refractivity contribution in [1.29, 1.82) is 0 Å². The van der Waals surface area contributed by atoms with Gasteiger partial charge in [-0.1, -0.05) is 35.9 Å². The van der Waals surface area contributed by atoms with E-state index < -0.39 is 0 Å². The van der Waals surface area contributed by atoms with Crippen LogP contribution in [0.15, 0.2) is 48.5 Å². The van der Waals surface area contributed by atoms with E-state index in [1.165, 1.54) is 5.56 Å². The highest BCUT2D eigenvalue weighted by Gasteiger charge is 2.05. The Morgan fingerprint density at radius 1 is 1.10 bits per heavy atom. The second-order valence-corrected chi connectivity index (χ2v) is 4.46. The molecule has 20 heavy (non-hydrogen) atoms. The number of rotatable bonds is 4. The number of urea groups is 1. The van der Waals surface area contributed by atoms with Crippen molar-refractivity contribution in [2.45, 2.75) is 13.5 Å². The van der Waals surface area contributed by atoms with Gasteiger partial charge in [0.1, 0.15) is 12.4 Å². The number of para-hydroxylation sites is 1. The summed E-state index contributed by atoms with van der Waals surface area (Å²) in [5.41, 5.74) is 2.87. The van der Waals surface area contributed by atoms with E-state index in [-0.39, 0.29) is 6.03 Å². The Kier molecular flexibility index (Phi) is 4.60. The van der Waals surface area contributed by atoms with E-state index in [1.54, 1.807) is 7.05 Å². The van der Waals surface area contributed by atoms with Gasteiger partial charge in [-0.15, -0.1) is 0 Å². The van der Waals surface area contributed by atoms with Gasteiger partial charge in [-0.25, -0.2) is 4.79 Å². The third-order valence-electron chi connectivity index (χ3n) is 2.91. The number of aryl methyl sites for hydroxylation is 1. The Morgan fingerprint density at radius 2 is 1.80 bits per heavy atom. The Hall–Kier alpha value is -2.49. The first-order valence-electron chi connectivity index (χ1n) is 6.45. The standard InChI is InChI=1S/C16H18N2O2/c1-12-7-9-14(10-8-12)20-11-13-5-3-4-6-15(13)18-16(19)17-2/h3-10H,11H2,1-2H3,(H2,17,18,19). The Morgan fingerprint density at radius 3 is 2.50 bits per heavy atom. The van der Waals surface area contributed by atoms with Gasteiger partial charge in [-0.05, 0) is 25.1 Å². The first-order chi connectivity index (χ1) is 9.69. The molecule has 0 fully saturated rings. The number of benzene rings is 2. The number of hydrogen-bond donors (Lipinski definition) is 2. The Balaban J connectivity index is 2.05. The molecule has 2 N–H and O–H groups in total. The van der Waals surface area contributed by atoms with Crippen molar-refractivity contribution in [3.63, 3.8) is 0 Å². The summed E-state index contributed by atoms with van der Waals surface area (Å²) in [6.07, 6.45) is 0. The zero-order chi connectivity index (χ0) is 14.4. The van der Waals surface area contributed by atoms with Crippen LogP contribution in [0.25, 0.3) is 0 Å². The smallest absolute Gasteiger partial charge is 0.318 e. The summed E-state index contributed by atoms with van der Waals surface area (Å²) in [5, 5.41) is 5.31. The number of hydrogen-bond acceptors (Lipinski definition) is 2. The maximum Gasteiger partial charge on any atom is 0.318 e. The lowest BCUT2D eigenvalue weighted by atomic mass is 10.2. The molecule has 0 aliphatic carbocycles. The second kappa shape index (κ2) is 6.61. The minimum absolute atomic E-state index is 0.243. The van der Waals surface area contributed by atoms with Crippen molar-refractivity contribution < 1.29 is 9.53 Å². The van der Waals surface area contributed by atoms with E-state index in [0.29, 0.717) is 6.61 Å². The van der Waals surface area contributed by atoms with Gasteiger partial charge in [0.15, 0.2) is 0 Å². The summed E-state index contributed by atoms with van der Waals surface area (Å²) >= 11 is 0. The minimum atomic E-state index is -0.243. The maximum atomic E-state index is 11.4. The molecule has 2 aromatic rings. The highest BCUT2D eigenvalue weighted by Crippen LogP contribution is 2.19. The van der Waals surface area contributed by atoms with E-state index in [9.17, 15) is 4.79 Å². The summed E-state index contributed by atoms with van der Waals surface area (Å²) in [5.74, 6) is 0.811. The average Bonchev–Trinajstić information content (AvgIpc) is 2.48. The fourth-order valence-corrected chi connectivity index (χ4v) is 1.75. The summed E-state index contributed by atoms with van der Waals surface area (Å²) in [6, 6.07) is 15.2. The number of amides is 2. The van der Waals surface area contributed by atoms with Crippen LogP contribution in [0.5, 0.6) is 5.75 Å². The molecule has 0 saturated carbocycles. The van der Waals surface area contributed by atoms with Crippen LogP contribution >= 0.6 is 0 Å². The lowest BCUT2D eigenvalue weighted by Crippen LogP contribution is -2.25. The summed E-state index contributed by atoms with van der Waals surface area (Å²) in [6.45, 7) is 2.44. The first kappa shape index (κ1) is 13.9. The van der Waals surface area contributed by atoms with Gasteiger partial charge in [-0.2, -0.15) is 0 Å². The normalized spacial score (nSPS) is 9.90. The van der Waals surface area contributed by atoms with Gasteiger partial charge in [0, 0.05) is 18.3 Å². The van der Waals surface area contributed by atoms with Gasteiger partial charge in [0.2, 0.25) is 0 Å². The molecule has 2 amide bonds. The Labute approximate surface area is 118 Å². The molecule has 0 atom stereocenters. The van der Waals surface area contributed by atoms with Crippen molar-refractivity contribution in [3.8, 4) is 5.75 Å². The van der Waals surface area contributed by atoms with E-state index in [2.05, 4.69) is 10.6 Å². The third-order valence-corrected chi connectivity index (χ3v) is 2.91. The van der Waals surface area contributed by atoms with E-state index >= 15 is 0 Å². The van der Waals surface area contributed by atoms with E-state index in [1.807, 2.05) is 55.5 Å². The van der Waals surface area contributed by atoms with Crippen LogP contribution in [0, 0.1) is 6.92 Å². The molecule has 0 unspecified atom stereocenters. The first-order valence-corrected chi connectivity index (χ1v) is 6.45. The van der Waals surface area contributed by atoms with Gasteiger partial charge >= 0.3 is 6.03 Å². The SMILES string of the molecule is CNC(=O)Nc1ccccc1COc1ccc(C)cc1. The quantitative estimate of drug-likeness (QED) is 0.895. The average molecular weight is 270 g/mol. The predicted molar refractivity (Wildman–Crippen MR) is 80.0 cm³/mol. The van der Waals surface area contributed by atoms with Crippen LogP contribution in [0.2, 0.25) is 0 Å². The van der Waals surface area contributed by atoms with Crippen molar-refractivity contribution in [2.75, 3.05) is 12.4 Å². The largest absolute Gasteiger partial charge is 0.489 e. The molecular formula is C16H18N2O2. The highest BCUT2D eigenvalue weighted by atomic mass is 16.5. The number of nitrogens with one attached hydrogen (secondary N) is 2. The molecule has 0 radical (unpaired) electrons. The predicted octanol–water partition coefficient (Wildman–Crippen LogP) is 3.33. The summed E-state index contributed by atoms with van der Waals surface area (Å²) in [7, 11) is 1.58. The minimum Gasteiger partial charge on any atom is -0.489 e. The third kappa shape index (κ3) is 3.75. The molecule has 2 rings (SSSR count). The number of ether oxygens (including phenoxy) is 1. The van der Waals surface area contributed by atoms with Crippen LogP contribution in [-0.2, 0) is 6.61 Å². The maximum absolute atomic E-state index is 11.4. The molecule has 104 valence electrons. The molecule has 0 bridgehead atoms. The molecular weight excluding hydrogens is 252 g/mol. The number of anilines is 1. The molecule has 0 aromatic heterocycles. The van der Waals surface area contributed by atoms with Crippen LogP contribution in [0.4, 0.5) is 10.5 Å². The van der Waals surface area contributed by atoms with Crippen LogP contribution in [0.1, 0.15) is 11.1 Å². The molecule has 0 aliphatic heterocycles. The van der Waals surface area contributed by atoms with Gasteiger partial charge in [0.05, 0.1) is 0 Å². The Bertz CT molecular complexity index is 579. The zero-order valence-electron chi connectivity index (χ0n) is 11.6. The lowest BCUT2D eigenvalue weighted by molar-refractivity contribution is 0.254. The van der Waals surface area contributed by atoms with Crippen molar-refractivity contribution in [1.82, 2.24) is 5.32 Å². The van der Waals surface area contributed by atoms with Gasteiger partial charge in [-0.3, -0.25) is 0 Å². The molecule has 0 saturated heterocycles. The zero-order valence-corrected chi connectivity index (χ0v) is 11.6. The van der Waals surface area contributed by atoms with Gasteiger partial charge < -0.3 is 15.4 Å². The fourth-order valence-electron chi connectivity index (χ4n) is 1.75. The number of carbonyl (C=O) groups is 1. The van der Waals surface area contributed by atoms with Crippen LogP contribution in [-0.4, -0.2) is 13.1 Å². The fraction of sp³-hybridized carbons (Fsp3) is 0.188. The van der Waals surface area contributed by atoms with Gasteiger partial charge in [0.25, 0.3) is 0 Å². The van der Waals surface area contributed by atoms with Crippen molar-refractivity contribution >= 4 is 11.7 Å². The molecule has 0 aliphatic rings. The summed E-state index contributed by atoms with van der Waals surface area (Å²) < 4.78 is 5.73. The topological polar surface area (TPSA) is 50.4 Å². The molecule has 2 aromatic carbocycles. The molecule has 0 heterocycles. The van der Waals surface area contributed by atoms with Crippen LogP contribution in [0.3, 0.4) is 0 Å².